The van der Waals surface area contributed by atoms with Gasteiger partial charge in [-0.3, -0.25) is 28.8 Å². The summed E-state index contributed by atoms with van der Waals surface area (Å²) in [5.41, 5.74) is 6.14. The lowest BCUT2D eigenvalue weighted by molar-refractivity contribution is -0.143. The highest BCUT2D eigenvalue weighted by Gasteiger charge is 2.31. The quantitative estimate of drug-likeness (QED) is 0.108. The average molecular weight is 593 g/mol. The van der Waals surface area contributed by atoms with E-state index in [1.54, 1.807) is 44.2 Å². The molecule has 0 aliphatic carbocycles. The summed E-state index contributed by atoms with van der Waals surface area (Å²) >= 11 is 0. The minimum atomic E-state index is -1.50. The molecule has 9 N–H and O–H groups in total. The van der Waals surface area contributed by atoms with Crippen LogP contribution in [-0.4, -0.2) is 87.9 Å². The van der Waals surface area contributed by atoms with Gasteiger partial charge in [-0.2, -0.15) is 0 Å². The van der Waals surface area contributed by atoms with Crippen molar-refractivity contribution in [3.8, 4) is 0 Å². The van der Waals surface area contributed by atoms with Gasteiger partial charge in [0, 0.05) is 6.42 Å². The number of hydrogen-bond acceptors (Lipinski definition) is 8. The number of carbonyl (C=O) groups is 7. The molecule has 232 valence electrons. The van der Waals surface area contributed by atoms with E-state index in [0.29, 0.717) is 5.56 Å². The zero-order valence-electron chi connectivity index (χ0n) is 24.2. The first-order chi connectivity index (χ1) is 19.5. The van der Waals surface area contributed by atoms with Crippen LogP contribution in [0.25, 0.3) is 0 Å². The maximum atomic E-state index is 13.0. The molecular formula is C27H40N6O9. The lowest BCUT2D eigenvalue weighted by atomic mass is 10.0. The number of carbonyl (C=O) groups excluding carboxylic acids is 5. The standard InChI is InChI=1S/C27H40N6O9/c1-13(2)21(27(41)42)33-26(40)18(11-17-9-7-6-8-10-17)32-24(38)16(5)29-23(37)15(4)30-25(39)19(12-20(34)35)31-22(36)14(3)28/h6-10,13-16,18-19,21H,11-12,28H2,1-5H3,(H,29,37)(H,30,39)(H,31,36)(H,32,38)(H,33,40)(H,34,35)(H,41,42)/t14-,15-,16-,18-,19-,21-/m0/s1. The Bertz CT molecular complexity index is 1140. The van der Waals surface area contributed by atoms with Gasteiger partial charge in [-0.05, 0) is 32.3 Å². The molecule has 0 unspecified atom stereocenters. The van der Waals surface area contributed by atoms with Gasteiger partial charge in [0.05, 0.1) is 12.5 Å². The minimum absolute atomic E-state index is 0.0358. The van der Waals surface area contributed by atoms with Crippen molar-refractivity contribution in [3.63, 3.8) is 0 Å². The Kier molecular flexibility index (Phi) is 14.1. The molecule has 6 atom stereocenters. The van der Waals surface area contributed by atoms with Gasteiger partial charge in [0.25, 0.3) is 0 Å². The number of carboxylic acid groups (broad SMARTS) is 2. The molecule has 0 fully saturated rings. The highest BCUT2D eigenvalue weighted by molar-refractivity contribution is 5.97. The van der Waals surface area contributed by atoms with E-state index >= 15 is 0 Å². The summed E-state index contributed by atoms with van der Waals surface area (Å²) in [6, 6.07) is 1.36. The van der Waals surface area contributed by atoms with E-state index in [4.69, 9.17) is 10.8 Å². The fraction of sp³-hybridized carbons (Fsp3) is 0.519. The van der Waals surface area contributed by atoms with Crippen LogP contribution in [0.1, 0.15) is 46.6 Å². The largest absolute Gasteiger partial charge is 0.481 e. The van der Waals surface area contributed by atoms with Gasteiger partial charge in [-0.15, -0.1) is 0 Å². The number of rotatable bonds is 16. The lowest BCUT2D eigenvalue weighted by Crippen LogP contribution is -2.58. The molecule has 0 heterocycles. The first-order valence-electron chi connectivity index (χ1n) is 13.3. The van der Waals surface area contributed by atoms with E-state index in [-0.39, 0.29) is 6.42 Å². The molecule has 0 aliphatic rings. The second kappa shape index (κ2) is 16.7. The zero-order valence-corrected chi connectivity index (χ0v) is 24.2. The smallest absolute Gasteiger partial charge is 0.326 e. The monoisotopic (exact) mass is 592 g/mol. The molecule has 15 nitrogen and oxygen atoms in total. The van der Waals surface area contributed by atoms with E-state index in [9.17, 15) is 38.7 Å². The Hall–Kier alpha value is -4.53. The third-order valence-electron chi connectivity index (χ3n) is 6.08. The van der Waals surface area contributed by atoms with Crippen molar-refractivity contribution < 1.29 is 43.8 Å². The van der Waals surface area contributed by atoms with Crippen molar-refractivity contribution in [1.29, 1.82) is 0 Å². The van der Waals surface area contributed by atoms with Crippen molar-refractivity contribution in [2.45, 2.75) is 83.7 Å². The number of nitrogens with two attached hydrogens (primary N) is 1. The maximum Gasteiger partial charge on any atom is 0.326 e. The number of aliphatic carboxylic acids is 2. The third kappa shape index (κ3) is 11.9. The molecule has 0 aromatic heterocycles. The maximum absolute atomic E-state index is 13.0. The van der Waals surface area contributed by atoms with Gasteiger partial charge in [-0.1, -0.05) is 44.2 Å². The SMILES string of the molecule is CC(C)[C@H](NC(=O)[C@H](Cc1ccccc1)NC(=O)[C@H](C)NC(=O)[C@H](C)NC(=O)[C@H](CC(=O)O)NC(=O)[C@H](C)N)C(=O)O. The summed E-state index contributed by atoms with van der Waals surface area (Å²) in [4.78, 5) is 85.9. The first kappa shape index (κ1) is 35.5. The van der Waals surface area contributed by atoms with E-state index in [1.807, 2.05) is 0 Å². The summed E-state index contributed by atoms with van der Waals surface area (Å²) in [6.45, 7) is 7.21. The molecule has 15 heteroatoms. The number of amides is 5. The van der Waals surface area contributed by atoms with Crippen LogP contribution in [0, 0.1) is 5.92 Å². The topological polar surface area (TPSA) is 246 Å². The first-order valence-corrected chi connectivity index (χ1v) is 13.3. The zero-order chi connectivity index (χ0) is 32.1. The fourth-order valence-electron chi connectivity index (χ4n) is 3.59. The summed E-state index contributed by atoms with van der Waals surface area (Å²) in [6.07, 6.45) is -0.726. The van der Waals surface area contributed by atoms with Crippen LogP contribution in [0.5, 0.6) is 0 Å². The summed E-state index contributed by atoms with van der Waals surface area (Å²) in [5, 5.41) is 30.4. The number of carboxylic acids is 2. The number of benzene rings is 1. The number of nitrogens with one attached hydrogen (secondary N) is 5. The Morgan fingerprint density at radius 2 is 1.14 bits per heavy atom. The lowest BCUT2D eigenvalue weighted by Gasteiger charge is -2.25. The molecule has 5 amide bonds. The van der Waals surface area contributed by atoms with Crippen LogP contribution < -0.4 is 32.3 Å². The molecule has 1 aromatic carbocycles. The van der Waals surface area contributed by atoms with E-state index in [2.05, 4.69) is 26.6 Å². The van der Waals surface area contributed by atoms with E-state index < -0.39 is 90.1 Å². The highest BCUT2D eigenvalue weighted by Crippen LogP contribution is 2.07. The molecule has 0 radical (unpaired) electrons. The predicted molar refractivity (Wildman–Crippen MR) is 150 cm³/mol. The van der Waals surface area contributed by atoms with Crippen molar-refractivity contribution in [2.75, 3.05) is 0 Å². The second-order valence-electron chi connectivity index (χ2n) is 10.2. The minimum Gasteiger partial charge on any atom is -0.481 e. The van der Waals surface area contributed by atoms with Crippen molar-refractivity contribution in [3.05, 3.63) is 35.9 Å². The summed E-state index contributed by atoms with van der Waals surface area (Å²) in [7, 11) is 0. The van der Waals surface area contributed by atoms with Crippen LogP contribution in [0.15, 0.2) is 30.3 Å². The van der Waals surface area contributed by atoms with Crippen LogP contribution >= 0.6 is 0 Å². The Balaban J connectivity index is 2.93. The molecule has 0 saturated heterocycles. The van der Waals surface area contributed by atoms with Gasteiger partial charge in [0.15, 0.2) is 0 Å². The highest BCUT2D eigenvalue weighted by atomic mass is 16.4. The molecule has 1 rings (SSSR count). The molecule has 42 heavy (non-hydrogen) atoms. The van der Waals surface area contributed by atoms with Crippen molar-refractivity contribution in [1.82, 2.24) is 26.6 Å². The summed E-state index contributed by atoms with van der Waals surface area (Å²) in [5.74, 6) is -7.07. The van der Waals surface area contributed by atoms with Gasteiger partial charge in [0.1, 0.15) is 30.2 Å². The van der Waals surface area contributed by atoms with Gasteiger partial charge >= 0.3 is 11.9 Å². The van der Waals surface area contributed by atoms with Crippen LogP contribution in [0.3, 0.4) is 0 Å². The Labute approximate surface area is 243 Å². The van der Waals surface area contributed by atoms with E-state index in [0.717, 1.165) is 0 Å². The van der Waals surface area contributed by atoms with Crippen molar-refractivity contribution in [2.24, 2.45) is 11.7 Å². The molecule has 0 saturated carbocycles. The molecule has 0 aliphatic heterocycles. The normalized spacial score (nSPS) is 15.1. The van der Waals surface area contributed by atoms with Crippen LogP contribution in [-0.2, 0) is 40.0 Å². The molecule has 0 spiro atoms. The van der Waals surface area contributed by atoms with Crippen molar-refractivity contribution >= 4 is 41.5 Å². The molecule has 1 aromatic rings. The van der Waals surface area contributed by atoms with E-state index in [1.165, 1.54) is 20.8 Å². The molecular weight excluding hydrogens is 552 g/mol. The fourth-order valence-corrected chi connectivity index (χ4v) is 3.59. The Morgan fingerprint density at radius 3 is 1.62 bits per heavy atom. The summed E-state index contributed by atoms with van der Waals surface area (Å²) < 4.78 is 0. The van der Waals surface area contributed by atoms with Crippen LogP contribution in [0.4, 0.5) is 0 Å². The Morgan fingerprint density at radius 1 is 0.667 bits per heavy atom. The second-order valence-corrected chi connectivity index (χ2v) is 10.2. The van der Waals surface area contributed by atoms with Gasteiger partial charge < -0.3 is 42.5 Å². The molecule has 0 bridgehead atoms. The van der Waals surface area contributed by atoms with Crippen LogP contribution in [0.2, 0.25) is 0 Å². The number of hydrogen-bond donors (Lipinski definition) is 8. The average Bonchev–Trinajstić information content (AvgIpc) is 2.90. The predicted octanol–water partition coefficient (Wildman–Crippen LogP) is -1.74. The van der Waals surface area contributed by atoms with Gasteiger partial charge in [-0.25, -0.2) is 4.79 Å². The third-order valence-corrected chi connectivity index (χ3v) is 6.08. The van der Waals surface area contributed by atoms with Gasteiger partial charge in [0.2, 0.25) is 29.5 Å².